The Morgan fingerprint density at radius 2 is 1.85 bits per heavy atom. The molecular formula is C32H37N5O4. The number of nitrogens with zero attached hydrogens (tertiary/aromatic N) is 4. The van der Waals surface area contributed by atoms with Crippen molar-refractivity contribution >= 4 is 22.6 Å². The van der Waals surface area contributed by atoms with Crippen molar-refractivity contribution in [2.45, 2.75) is 52.2 Å². The van der Waals surface area contributed by atoms with Crippen molar-refractivity contribution in [2.75, 3.05) is 24.6 Å². The Bertz CT molecular complexity index is 1700. The van der Waals surface area contributed by atoms with Crippen LogP contribution in [-0.2, 0) is 18.4 Å². The molecule has 2 bridgehead atoms. The van der Waals surface area contributed by atoms with Crippen LogP contribution in [0.25, 0.3) is 22.3 Å². The van der Waals surface area contributed by atoms with E-state index in [-0.39, 0.29) is 23.3 Å². The second-order valence-electron chi connectivity index (χ2n) is 11.3. The van der Waals surface area contributed by atoms with Gasteiger partial charge in [0.25, 0.3) is 5.56 Å². The standard InChI is InChI=1S/C32H37N5O4/c1-4-15-35-31(39)30-27(34(3)32(35)40)18-25(33-30)23-11-13-24(14-12-23)41-16-7-10-29(38)37-20-22-17-28(37)36(19-22)26-9-6-5-8-21(26)2/h5-6,8-9,11-14,18,22,28,33H,4,7,10,15-17,19-20H2,1-3H3. The molecule has 2 atom stereocenters. The fourth-order valence-corrected chi connectivity index (χ4v) is 6.38. The van der Waals surface area contributed by atoms with E-state index in [0.717, 1.165) is 36.5 Å². The summed E-state index contributed by atoms with van der Waals surface area (Å²) in [6.07, 6.45) is 3.02. The first kappa shape index (κ1) is 26.9. The van der Waals surface area contributed by atoms with Gasteiger partial charge in [0.1, 0.15) is 17.4 Å². The molecule has 0 aliphatic carbocycles. The molecule has 4 heterocycles. The zero-order valence-corrected chi connectivity index (χ0v) is 23.9. The van der Waals surface area contributed by atoms with Crippen LogP contribution in [0, 0.1) is 12.8 Å². The van der Waals surface area contributed by atoms with Crippen LogP contribution in [0.2, 0.25) is 0 Å². The van der Waals surface area contributed by atoms with Crippen LogP contribution in [0.3, 0.4) is 0 Å². The summed E-state index contributed by atoms with van der Waals surface area (Å²) in [5.74, 6) is 1.46. The lowest BCUT2D eigenvalue weighted by atomic mass is 10.1. The van der Waals surface area contributed by atoms with Crippen LogP contribution in [0.5, 0.6) is 5.75 Å². The second-order valence-corrected chi connectivity index (χ2v) is 11.3. The summed E-state index contributed by atoms with van der Waals surface area (Å²) in [5, 5.41) is 0. The van der Waals surface area contributed by atoms with Gasteiger partial charge in [-0.05, 0) is 79.6 Å². The summed E-state index contributed by atoms with van der Waals surface area (Å²) in [6, 6.07) is 17.9. The zero-order chi connectivity index (χ0) is 28.7. The Kier molecular flexibility index (Phi) is 7.19. The molecule has 2 fully saturated rings. The average Bonchev–Trinajstić information content (AvgIpc) is 3.72. The molecule has 4 aromatic rings. The molecule has 0 radical (unpaired) electrons. The number of benzene rings is 2. The van der Waals surface area contributed by atoms with E-state index in [2.05, 4.69) is 46.0 Å². The summed E-state index contributed by atoms with van der Waals surface area (Å²) < 4.78 is 8.73. The minimum Gasteiger partial charge on any atom is -0.494 e. The monoisotopic (exact) mass is 555 g/mol. The number of likely N-dealkylation sites (tertiary alicyclic amines) is 1. The molecular weight excluding hydrogens is 518 g/mol. The molecule has 41 heavy (non-hydrogen) atoms. The smallest absolute Gasteiger partial charge is 0.331 e. The largest absolute Gasteiger partial charge is 0.494 e. The molecule has 9 heteroatoms. The van der Waals surface area contributed by atoms with Gasteiger partial charge in [0.05, 0.1) is 12.1 Å². The molecule has 2 aromatic carbocycles. The molecule has 1 N–H and O–H groups in total. The number of aryl methyl sites for hydroxylation is 2. The number of carbonyl (C=O) groups is 1. The number of ether oxygens (including phenoxy) is 1. The first-order chi connectivity index (χ1) is 19.9. The summed E-state index contributed by atoms with van der Waals surface area (Å²) in [4.78, 5) is 46.2. The molecule has 9 nitrogen and oxygen atoms in total. The van der Waals surface area contributed by atoms with E-state index < -0.39 is 0 Å². The highest BCUT2D eigenvalue weighted by Gasteiger charge is 2.45. The number of aromatic nitrogens is 3. The maximum Gasteiger partial charge on any atom is 0.331 e. The quantitative estimate of drug-likeness (QED) is 0.312. The Morgan fingerprint density at radius 1 is 1.07 bits per heavy atom. The summed E-state index contributed by atoms with van der Waals surface area (Å²) in [7, 11) is 1.68. The van der Waals surface area contributed by atoms with Crippen molar-refractivity contribution in [3.05, 3.63) is 81.0 Å². The molecule has 2 aliphatic rings. The third kappa shape index (κ3) is 4.94. The van der Waals surface area contributed by atoms with Gasteiger partial charge >= 0.3 is 5.69 Å². The van der Waals surface area contributed by atoms with E-state index >= 15 is 0 Å². The van der Waals surface area contributed by atoms with Crippen molar-refractivity contribution in [1.29, 1.82) is 0 Å². The molecule has 0 spiro atoms. The number of para-hydroxylation sites is 1. The van der Waals surface area contributed by atoms with Gasteiger partial charge in [0.2, 0.25) is 5.91 Å². The number of fused-ring (bicyclic) bond motifs is 3. The number of carbonyl (C=O) groups excluding carboxylic acids is 1. The third-order valence-electron chi connectivity index (χ3n) is 8.47. The number of hydrogen-bond acceptors (Lipinski definition) is 5. The zero-order valence-electron chi connectivity index (χ0n) is 23.9. The number of nitrogens with one attached hydrogen (secondary N) is 1. The van der Waals surface area contributed by atoms with Gasteiger partial charge < -0.3 is 19.5 Å². The van der Waals surface area contributed by atoms with Crippen LogP contribution in [0.4, 0.5) is 5.69 Å². The minimum atomic E-state index is -0.307. The number of rotatable bonds is 9. The molecule has 2 saturated heterocycles. The van der Waals surface area contributed by atoms with Crippen LogP contribution in [0.1, 0.15) is 38.2 Å². The molecule has 1 amide bonds. The summed E-state index contributed by atoms with van der Waals surface area (Å²) >= 11 is 0. The van der Waals surface area contributed by atoms with Gasteiger partial charge in [0, 0.05) is 44.5 Å². The Morgan fingerprint density at radius 3 is 2.59 bits per heavy atom. The fourth-order valence-electron chi connectivity index (χ4n) is 6.38. The van der Waals surface area contributed by atoms with E-state index in [0.29, 0.717) is 49.4 Å². The summed E-state index contributed by atoms with van der Waals surface area (Å²) in [5.41, 5.74) is 4.53. The number of aromatic amines is 1. The van der Waals surface area contributed by atoms with Gasteiger partial charge in [-0.15, -0.1) is 0 Å². The first-order valence-electron chi connectivity index (χ1n) is 14.5. The number of amides is 1. The van der Waals surface area contributed by atoms with Crippen molar-refractivity contribution in [1.82, 2.24) is 19.0 Å². The highest BCUT2D eigenvalue weighted by Crippen LogP contribution is 2.39. The lowest BCUT2D eigenvalue weighted by molar-refractivity contribution is -0.132. The topological polar surface area (TPSA) is 92.6 Å². The number of hydrogen-bond donors (Lipinski definition) is 1. The Labute approximate surface area is 239 Å². The third-order valence-corrected chi connectivity index (χ3v) is 8.47. The van der Waals surface area contributed by atoms with Gasteiger partial charge in [0.15, 0.2) is 0 Å². The van der Waals surface area contributed by atoms with Gasteiger partial charge in [-0.25, -0.2) is 4.79 Å². The number of anilines is 1. The van der Waals surface area contributed by atoms with Crippen LogP contribution in [0.15, 0.2) is 64.2 Å². The van der Waals surface area contributed by atoms with Crippen LogP contribution < -0.4 is 20.9 Å². The highest BCUT2D eigenvalue weighted by atomic mass is 16.5. The van der Waals surface area contributed by atoms with Gasteiger partial charge in [-0.3, -0.25) is 18.7 Å². The Hall–Kier alpha value is -4.27. The SMILES string of the molecule is CCCn1c(=O)c2[nH]c(-c3ccc(OCCCC(=O)N4CC5CC4N(c4ccccc4C)C5)cc3)cc2n(C)c1=O. The van der Waals surface area contributed by atoms with E-state index in [1.54, 1.807) is 7.05 Å². The highest BCUT2D eigenvalue weighted by molar-refractivity contribution is 5.82. The first-order valence-corrected chi connectivity index (χ1v) is 14.5. The fraction of sp³-hybridized carbons (Fsp3) is 0.406. The van der Waals surface area contributed by atoms with Crippen molar-refractivity contribution < 1.29 is 9.53 Å². The average molecular weight is 556 g/mol. The Balaban J connectivity index is 1.05. The van der Waals surface area contributed by atoms with Gasteiger partial charge in [-0.1, -0.05) is 25.1 Å². The van der Waals surface area contributed by atoms with Gasteiger partial charge in [-0.2, -0.15) is 0 Å². The number of H-pyrrole nitrogens is 1. The predicted octanol–water partition coefficient (Wildman–Crippen LogP) is 4.27. The van der Waals surface area contributed by atoms with E-state index in [9.17, 15) is 14.4 Å². The summed E-state index contributed by atoms with van der Waals surface area (Å²) in [6.45, 7) is 6.78. The molecule has 214 valence electrons. The van der Waals surface area contributed by atoms with Crippen molar-refractivity contribution in [2.24, 2.45) is 13.0 Å². The van der Waals surface area contributed by atoms with E-state index in [4.69, 9.17) is 4.74 Å². The van der Waals surface area contributed by atoms with E-state index in [1.165, 1.54) is 20.4 Å². The molecule has 2 aliphatic heterocycles. The molecule has 2 unspecified atom stereocenters. The lowest BCUT2D eigenvalue weighted by Crippen LogP contribution is -2.50. The van der Waals surface area contributed by atoms with Crippen LogP contribution >= 0.6 is 0 Å². The minimum absolute atomic E-state index is 0.156. The van der Waals surface area contributed by atoms with Crippen molar-refractivity contribution in [3.63, 3.8) is 0 Å². The predicted molar refractivity (Wildman–Crippen MR) is 160 cm³/mol. The second kappa shape index (κ2) is 11.0. The molecule has 2 aromatic heterocycles. The molecule has 0 saturated carbocycles. The maximum atomic E-state index is 13.1. The lowest BCUT2D eigenvalue weighted by Gasteiger charge is -2.38. The molecule has 6 rings (SSSR count). The normalized spacial score (nSPS) is 18.0. The van der Waals surface area contributed by atoms with Crippen LogP contribution in [-0.4, -0.2) is 50.8 Å². The maximum absolute atomic E-state index is 13.1. The van der Waals surface area contributed by atoms with E-state index in [1.807, 2.05) is 37.3 Å². The van der Waals surface area contributed by atoms with Crippen molar-refractivity contribution in [3.8, 4) is 17.0 Å².